The molecule has 0 amide bonds. The Balaban J connectivity index is 1.73. The van der Waals surface area contributed by atoms with Crippen LogP contribution in [-0.2, 0) is 26.3 Å². The minimum absolute atomic E-state index is 0.0206. The van der Waals surface area contributed by atoms with Gasteiger partial charge in [0.2, 0.25) is 6.79 Å². The molecule has 6 heteroatoms. The SMILES string of the molecule is CC(=O)OC1CN2Cc3cc4c(cc3C13C=CC(=O)CC23)OCO4. The number of ketones is 1. The first-order valence-electron chi connectivity index (χ1n) is 8.14. The summed E-state index contributed by atoms with van der Waals surface area (Å²) in [5.74, 6) is 1.29. The second-order valence-corrected chi connectivity index (χ2v) is 6.84. The Kier molecular flexibility index (Phi) is 2.69. The van der Waals surface area contributed by atoms with Crippen LogP contribution in [0.15, 0.2) is 24.3 Å². The van der Waals surface area contributed by atoms with Crippen LogP contribution in [0.3, 0.4) is 0 Å². The Hall–Kier alpha value is -2.34. The Morgan fingerprint density at radius 3 is 2.92 bits per heavy atom. The molecule has 6 nitrogen and oxygen atoms in total. The lowest BCUT2D eigenvalue weighted by Crippen LogP contribution is -2.52. The van der Waals surface area contributed by atoms with Crippen molar-refractivity contribution in [3.05, 3.63) is 35.4 Å². The fourth-order valence-corrected chi connectivity index (χ4v) is 4.70. The van der Waals surface area contributed by atoms with E-state index in [1.54, 1.807) is 6.08 Å². The zero-order valence-electron chi connectivity index (χ0n) is 13.3. The maximum Gasteiger partial charge on any atom is 0.302 e. The van der Waals surface area contributed by atoms with Crippen LogP contribution in [0.2, 0.25) is 0 Å². The van der Waals surface area contributed by atoms with Crippen LogP contribution in [0.4, 0.5) is 0 Å². The number of fused-ring (bicyclic) bond motifs is 2. The summed E-state index contributed by atoms with van der Waals surface area (Å²) in [4.78, 5) is 25.9. The van der Waals surface area contributed by atoms with Crippen molar-refractivity contribution in [2.24, 2.45) is 0 Å². The zero-order chi connectivity index (χ0) is 16.5. The van der Waals surface area contributed by atoms with E-state index >= 15 is 0 Å². The highest BCUT2D eigenvalue weighted by Gasteiger charge is 2.60. The summed E-state index contributed by atoms with van der Waals surface area (Å²) in [5, 5.41) is 0. The van der Waals surface area contributed by atoms with Crippen molar-refractivity contribution in [2.75, 3.05) is 13.3 Å². The molecule has 0 N–H and O–H groups in total. The van der Waals surface area contributed by atoms with E-state index in [0.29, 0.717) is 18.7 Å². The summed E-state index contributed by atoms with van der Waals surface area (Å²) in [7, 11) is 0. The van der Waals surface area contributed by atoms with Crippen LogP contribution in [0.5, 0.6) is 11.5 Å². The van der Waals surface area contributed by atoms with Gasteiger partial charge >= 0.3 is 5.97 Å². The molecule has 1 saturated heterocycles. The molecule has 0 aromatic heterocycles. The molecule has 124 valence electrons. The van der Waals surface area contributed by atoms with Gasteiger partial charge in [0.05, 0.1) is 5.41 Å². The molecule has 0 spiro atoms. The second kappa shape index (κ2) is 4.60. The summed E-state index contributed by atoms with van der Waals surface area (Å²) in [5.41, 5.74) is 1.73. The maximum absolute atomic E-state index is 12.0. The minimum Gasteiger partial charge on any atom is -0.460 e. The number of carbonyl (C=O) groups is 2. The van der Waals surface area contributed by atoms with Gasteiger partial charge in [-0.3, -0.25) is 14.5 Å². The van der Waals surface area contributed by atoms with E-state index in [4.69, 9.17) is 14.2 Å². The van der Waals surface area contributed by atoms with Crippen molar-refractivity contribution in [3.63, 3.8) is 0 Å². The van der Waals surface area contributed by atoms with Gasteiger partial charge in [-0.25, -0.2) is 0 Å². The molecule has 3 aliphatic heterocycles. The molecule has 1 aliphatic carbocycles. The fraction of sp³-hybridized carbons (Fsp3) is 0.444. The molecule has 5 rings (SSSR count). The zero-order valence-corrected chi connectivity index (χ0v) is 13.3. The number of hydrogen-bond donors (Lipinski definition) is 0. The predicted octanol–water partition coefficient (Wildman–Crippen LogP) is 1.31. The lowest BCUT2D eigenvalue weighted by molar-refractivity contribution is -0.147. The molecule has 24 heavy (non-hydrogen) atoms. The molecule has 3 heterocycles. The van der Waals surface area contributed by atoms with Crippen molar-refractivity contribution in [1.29, 1.82) is 0 Å². The third kappa shape index (κ3) is 1.69. The lowest BCUT2D eigenvalue weighted by atomic mass is 9.65. The number of benzene rings is 1. The van der Waals surface area contributed by atoms with Gasteiger partial charge in [0.1, 0.15) is 6.10 Å². The second-order valence-electron chi connectivity index (χ2n) is 6.84. The predicted molar refractivity (Wildman–Crippen MR) is 82.8 cm³/mol. The molecular formula is C18H17NO5. The van der Waals surface area contributed by atoms with Gasteiger partial charge in [0.25, 0.3) is 0 Å². The molecule has 1 aromatic carbocycles. The third-order valence-electron chi connectivity index (χ3n) is 5.61. The van der Waals surface area contributed by atoms with Gasteiger partial charge in [-0.15, -0.1) is 0 Å². The van der Waals surface area contributed by atoms with Crippen LogP contribution in [0, 0.1) is 0 Å². The monoisotopic (exact) mass is 327 g/mol. The van der Waals surface area contributed by atoms with E-state index in [-0.39, 0.29) is 30.7 Å². The molecule has 1 fully saturated rings. The van der Waals surface area contributed by atoms with Crippen LogP contribution >= 0.6 is 0 Å². The van der Waals surface area contributed by atoms with Crippen LogP contribution in [0.1, 0.15) is 24.5 Å². The largest absolute Gasteiger partial charge is 0.460 e. The number of esters is 1. The van der Waals surface area contributed by atoms with E-state index in [0.717, 1.165) is 23.4 Å². The maximum atomic E-state index is 12.0. The van der Waals surface area contributed by atoms with Gasteiger partial charge in [0, 0.05) is 32.5 Å². The lowest BCUT2D eigenvalue weighted by Gasteiger charge is -2.44. The van der Waals surface area contributed by atoms with Crippen LogP contribution in [-0.4, -0.2) is 42.1 Å². The van der Waals surface area contributed by atoms with Crippen molar-refractivity contribution < 1.29 is 23.8 Å². The molecular weight excluding hydrogens is 310 g/mol. The highest BCUT2D eigenvalue weighted by molar-refractivity contribution is 5.92. The highest BCUT2D eigenvalue weighted by atomic mass is 16.7. The summed E-state index contributed by atoms with van der Waals surface area (Å²) >= 11 is 0. The van der Waals surface area contributed by atoms with Gasteiger partial charge in [-0.05, 0) is 29.3 Å². The Morgan fingerprint density at radius 2 is 2.12 bits per heavy atom. The van der Waals surface area contributed by atoms with Gasteiger partial charge < -0.3 is 14.2 Å². The van der Waals surface area contributed by atoms with E-state index < -0.39 is 5.41 Å². The highest BCUT2D eigenvalue weighted by Crippen LogP contribution is 2.53. The van der Waals surface area contributed by atoms with E-state index in [9.17, 15) is 9.59 Å². The van der Waals surface area contributed by atoms with Crippen molar-refractivity contribution >= 4 is 11.8 Å². The van der Waals surface area contributed by atoms with Crippen molar-refractivity contribution in [1.82, 2.24) is 4.90 Å². The van der Waals surface area contributed by atoms with Crippen molar-refractivity contribution in [3.8, 4) is 11.5 Å². The smallest absolute Gasteiger partial charge is 0.302 e. The average Bonchev–Trinajstić information content (AvgIpc) is 3.07. The summed E-state index contributed by atoms with van der Waals surface area (Å²) in [6.07, 6.45) is 3.72. The average molecular weight is 327 g/mol. The fourth-order valence-electron chi connectivity index (χ4n) is 4.70. The van der Waals surface area contributed by atoms with Crippen LogP contribution < -0.4 is 9.47 Å². The summed E-state index contributed by atoms with van der Waals surface area (Å²) in [6, 6.07) is 4.04. The normalized spacial score (nSPS) is 34.7. The molecule has 0 saturated carbocycles. The first-order chi connectivity index (χ1) is 11.6. The number of carbonyl (C=O) groups excluding carboxylic acids is 2. The standard InChI is InChI=1S/C18H17NO5/c1-10(20)24-17-8-19-7-11-4-14-15(23-9-22-14)6-13(11)18(17)3-2-12(21)5-16(18)19/h2-4,6,16-17H,5,7-9H2,1H3. The topological polar surface area (TPSA) is 65.1 Å². The van der Waals surface area contributed by atoms with Gasteiger partial charge in [-0.2, -0.15) is 0 Å². The number of ether oxygens (including phenoxy) is 3. The van der Waals surface area contributed by atoms with Gasteiger partial charge in [-0.1, -0.05) is 6.08 Å². The Bertz CT molecular complexity index is 801. The van der Waals surface area contributed by atoms with Gasteiger partial charge in [0.15, 0.2) is 17.3 Å². The van der Waals surface area contributed by atoms with Crippen molar-refractivity contribution in [2.45, 2.75) is 37.5 Å². The minimum atomic E-state index is -0.492. The quantitative estimate of drug-likeness (QED) is 0.725. The molecule has 4 unspecified atom stereocenters. The van der Waals surface area contributed by atoms with E-state index in [2.05, 4.69) is 4.90 Å². The van der Waals surface area contributed by atoms with E-state index in [1.807, 2.05) is 18.2 Å². The first-order valence-corrected chi connectivity index (χ1v) is 8.14. The Morgan fingerprint density at radius 1 is 1.33 bits per heavy atom. The Labute approximate surface area is 139 Å². The molecule has 1 aromatic rings. The third-order valence-corrected chi connectivity index (χ3v) is 5.61. The summed E-state index contributed by atoms with van der Waals surface area (Å²) in [6.45, 7) is 3.00. The first kappa shape index (κ1) is 14.0. The number of allylic oxidation sites excluding steroid dienone is 1. The number of rotatable bonds is 1. The molecule has 4 atom stereocenters. The molecule has 2 bridgehead atoms. The van der Waals surface area contributed by atoms with E-state index in [1.165, 1.54) is 6.92 Å². The van der Waals surface area contributed by atoms with Crippen LogP contribution in [0.25, 0.3) is 0 Å². The number of nitrogens with zero attached hydrogens (tertiary/aromatic N) is 1. The summed E-state index contributed by atoms with van der Waals surface area (Å²) < 4.78 is 16.7. The molecule has 4 aliphatic rings. The molecule has 0 radical (unpaired) electrons. The number of hydrogen-bond acceptors (Lipinski definition) is 6.